The number of nitrogens with two attached hydrogens (primary N) is 1. The summed E-state index contributed by atoms with van der Waals surface area (Å²) in [7, 11) is -3.58. The van der Waals surface area contributed by atoms with E-state index in [-0.39, 0.29) is 4.21 Å². The van der Waals surface area contributed by atoms with Crippen molar-refractivity contribution in [2.45, 2.75) is 4.21 Å². The van der Waals surface area contributed by atoms with Gasteiger partial charge in [0.2, 0.25) is 0 Å². The van der Waals surface area contributed by atoms with Gasteiger partial charge in [-0.15, -0.1) is 11.3 Å². The molecule has 1 heterocycles. The lowest BCUT2D eigenvalue weighted by atomic mass is 10.3. The molecule has 0 saturated carbocycles. The Kier molecular flexibility index (Phi) is 4.00. The number of nitrogens with one attached hydrogen (secondary N) is 1. The van der Waals surface area contributed by atoms with Crippen LogP contribution in [0.2, 0.25) is 0 Å². The molecule has 96 valence electrons. The molecule has 0 bridgehead atoms. The maximum Gasteiger partial charge on any atom is 0.271 e. The number of thiophene rings is 1. The van der Waals surface area contributed by atoms with Crippen molar-refractivity contribution in [3.8, 4) is 0 Å². The number of nitrogen functional groups attached to an aromatic ring is 1. The van der Waals surface area contributed by atoms with Crippen molar-refractivity contribution in [3.63, 3.8) is 0 Å². The van der Waals surface area contributed by atoms with Gasteiger partial charge < -0.3 is 5.73 Å². The summed E-state index contributed by atoms with van der Waals surface area (Å²) in [6.07, 6.45) is 0. The Bertz CT molecular complexity index is 646. The molecule has 0 aliphatic heterocycles. The largest absolute Gasteiger partial charge is 0.397 e. The Morgan fingerprint density at radius 1 is 1.28 bits per heavy atom. The number of hydrogen-bond acceptors (Lipinski definition) is 4. The molecule has 0 spiro atoms. The molecule has 2 rings (SSSR count). The zero-order valence-corrected chi connectivity index (χ0v) is 13.7. The van der Waals surface area contributed by atoms with Gasteiger partial charge in [-0.25, -0.2) is 8.42 Å². The lowest BCUT2D eigenvalue weighted by molar-refractivity contribution is 0.603. The number of anilines is 2. The summed E-state index contributed by atoms with van der Waals surface area (Å²) in [6.45, 7) is 0. The van der Waals surface area contributed by atoms with E-state index in [2.05, 4.69) is 36.6 Å². The molecule has 0 amide bonds. The number of hydrogen-bond donors (Lipinski definition) is 2. The average Bonchev–Trinajstić information content (AvgIpc) is 2.77. The molecule has 0 saturated heterocycles. The monoisotopic (exact) mass is 410 g/mol. The van der Waals surface area contributed by atoms with Crippen LogP contribution in [0.1, 0.15) is 0 Å². The Morgan fingerprint density at radius 2 is 2.00 bits per heavy atom. The van der Waals surface area contributed by atoms with E-state index in [1.807, 2.05) is 0 Å². The van der Waals surface area contributed by atoms with E-state index in [0.29, 0.717) is 15.8 Å². The van der Waals surface area contributed by atoms with Gasteiger partial charge in [-0.1, -0.05) is 22.0 Å². The first kappa shape index (κ1) is 13.9. The summed E-state index contributed by atoms with van der Waals surface area (Å²) in [5, 5.41) is 1.70. The van der Waals surface area contributed by atoms with Crippen LogP contribution in [0, 0.1) is 0 Å². The van der Waals surface area contributed by atoms with E-state index >= 15 is 0 Å². The highest BCUT2D eigenvalue weighted by Gasteiger charge is 2.18. The number of benzene rings is 1. The number of rotatable bonds is 3. The predicted molar refractivity (Wildman–Crippen MR) is 81.4 cm³/mol. The molecule has 0 radical (unpaired) electrons. The highest BCUT2D eigenvalue weighted by molar-refractivity contribution is 9.11. The van der Waals surface area contributed by atoms with Crippen LogP contribution in [0.15, 0.2) is 42.8 Å². The van der Waals surface area contributed by atoms with Gasteiger partial charge in [-0.3, -0.25) is 4.72 Å². The van der Waals surface area contributed by atoms with Crippen LogP contribution in [0.4, 0.5) is 11.4 Å². The molecule has 0 aliphatic rings. The number of sulfonamides is 1. The Balaban J connectivity index is 2.42. The predicted octanol–water partition coefficient (Wildman–Crippen LogP) is 3.66. The first-order chi connectivity index (χ1) is 8.40. The maximum absolute atomic E-state index is 12.1. The van der Waals surface area contributed by atoms with Crippen LogP contribution >= 0.6 is 43.2 Å². The second kappa shape index (κ2) is 5.20. The summed E-state index contributed by atoms with van der Waals surface area (Å²) in [4.78, 5) is 0. The van der Waals surface area contributed by atoms with E-state index < -0.39 is 10.0 Å². The molecule has 2 aromatic rings. The van der Waals surface area contributed by atoms with Crippen LogP contribution in [0.25, 0.3) is 0 Å². The van der Waals surface area contributed by atoms with Crippen LogP contribution in [-0.2, 0) is 10.0 Å². The van der Waals surface area contributed by atoms with Crippen molar-refractivity contribution >= 4 is 64.6 Å². The molecular formula is C10H8Br2N2O2S2. The van der Waals surface area contributed by atoms with Crippen molar-refractivity contribution in [2.75, 3.05) is 10.5 Å². The molecule has 0 atom stereocenters. The van der Waals surface area contributed by atoms with Gasteiger partial charge in [0.1, 0.15) is 4.21 Å². The summed E-state index contributed by atoms with van der Waals surface area (Å²) in [6, 6.07) is 6.58. The average molecular weight is 412 g/mol. The zero-order valence-electron chi connectivity index (χ0n) is 8.85. The van der Waals surface area contributed by atoms with E-state index in [4.69, 9.17) is 5.73 Å². The summed E-state index contributed by atoms with van der Waals surface area (Å²) in [5.74, 6) is 0. The van der Waals surface area contributed by atoms with E-state index in [1.54, 1.807) is 23.6 Å². The van der Waals surface area contributed by atoms with Gasteiger partial charge in [0.05, 0.1) is 11.4 Å². The Labute approximate surface area is 126 Å². The van der Waals surface area contributed by atoms with Crippen molar-refractivity contribution in [1.29, 1.82) is 0 Å². The molecule has 1 aromatic carbocycles. The summed E-state index contributed by atoms with van der Waals surface area (Å²) < 4.78 is 28.2. The summed E-state index contributed by atoms with van der Waals surface area (Å²) >= 11 is 7.71. The van der Waals surface area contributed by atoms with E-state index in [9.17, 15) is 8.42 Å². The standard InChI is InChI=1S/C10H8Br2N2O2S2/c11-6-4-7(12)10(8(13)5-6)14-18(15,16)9-2-1-3-17-9/h1-5,14H,13H2. The first-order valence-electron chi connectivity index (χ1n) is 4.71. The molecule has 4 nitrogen and oxygen atoms in total. The molecule has 0 unspecified atom stereocenters. The fourth-order valence-electron chi connectivity index (χ4n) is 1.30. The summed E-state index contributed by atoms with van der Waals surface area (Å²) in [5.41, 5.74) is 6.48. The minimum atomic E-state index is -3.58. The van der Waals surface area contributed by atoms with Gasteiger partial charge >= 0.3 is 0 Å². The quantitative estimate of drug-likeness (QED) is 0.757. The lowest BCUT2D eigenvalue weighted by Gasteiger charge is -2.11. The van der Waals surface area contributed by atoms with Crippen molar-refractivity contribution in [1.82, 2.24) is 0 Å². The normalized spacial score (nSPS) is 11.4. The minimum absolute atomic E-state index is 0.247. The maximum atomic E-state index is 12.1. The van der Waals surface area contributed by atoms with Crippen LogP contribution in [0.5, 0.6) is 0 Å². The molecule has 18 heavy (non-hydrogen) atoms. The van der Waals surface area contributed by atoms with Crippen molar-refractivity contribution < 1.29 is 8.42 Å². The third-order valence-corrected chi connectivity index (χ3v) is 5.91. The molecular weight excluding hydrogens is 404 g/mol. The highest BCUT2D eigenvalue weighted by Crippen LogP contribution is 2.34. The van der Waals surface area contributed by atoms with Gasteiger partial charge in [0.25, 0.3) is 10.0 Å². The minimum Gasteiger partial charge on any atom is -0.397 e. The fourth-order valence-corrected chi connectivity index (χ4v) is 4.89. The van der Waals surface area contributed by atoms with Gasteiger partial charge in [-0.2, -0.15) is 0 Å². The molecule has 0 fully saturated rings. The van der Waals surface area contributed by atoms with Crippen LogP contribution < -0.4 is 10.5 Å². The third-order valence-electron chi connectivity index (χ3n) is 2.08. The van der Waals surface area contributed by atoms with Crippen molar-refractivity contribution in [2.24, 2.45) is 0 Å². The Morgan fingerprint density at radius 3 is 2.56 bits per heavy atom. The SMILES string of the molecule is Nc1cc(Br)cc(Br)c1NS(=O)(=O)c1cccs1. The number of halogens is 2. The third kappa shape index (κ3) is 2.87. The van der Waals surface area contributed by atoms with E-state index in [1.165, 1.54) is 6.07 Å². The Hall–Kier alpha value is -0.570. The van der Waals surface area contributed by atoms with Crippen molar-refractivity contribution in [3.05, 3.63) is 38.6 Å². The van der Waals surface area contributed by atoms with Gasteiger partial charge in [0.15, 0.2) is 0 Å². The van der Waals surface area contributed by atoms with E-state index in [0.717, 1.165) is 15.8 Å². The lowest BCUT2D eigenvalue weighted by Crippen LogP contribution is -2.13. The molecule has 8 heteroatoms. The van der Waals surface area contributed by atoms with Crippen LogP contribution in [-0.4, -0.2) is 8.42 Å². The smallest absolute Gasteiger partial charge is 0.271 e. The van der Waals surface area contributed by atoms with Crippen LogP contribution in [0.3, 0.4) is 0 Å². The van der Waals surface area contributed by atoms with Gasteiger partial charge in [0, 0.05) is 8.95 Å². The second-order valence-corrected chi connectivity index (χ2v) is 8.02. The molecule has 0 aliphatic carbocycles. The first-order valence-corrected chi connectivity index (χ1v) is 8.66. The molecule has 1 aromatic heterocycles. The second-order valence-electron chi connectivity index (χ2n) is 3.39. The van der Waals surface area contributed by atoms with Gasteiger partial charge in [-0.05, 0) is 39.5 Å². The molecule has 3 N–H and O–H groups in total. The fraction of sp³-hybridized carbons (Fsp3) is 0. The topological polar surface area (TPSA) is 72.2 Å². The zero-order chi connectivity index (χ0) is 13.3. The highest BCUT2D eigenvalue weighted by atomic mass is 79.9.